The van der Waals surface area contributed by atoms with Crippen LogP contribution < -0.4 is 0 Å². The first-order valence-electron chi connectivity index (χ1n) is 4.68. The Balaban J connectivity index is 3.21. The van der Waals surface area contributed by atoms with Crippen molar-refractivity contribution in [2.75, 3.05) is 7.11 Å². The van der Waals surface area contributed by atoms with E-state index in [1.54, 1.807) is 0 Å². The predicted octanol–water partition coefficient (Wildman–Crippen LogP) is 2.24. The van der Waals surface area contributed by atoms with Gasteiger partial charge in [-0.05, 0) is 24.6 Å². The van der Waals surface area contributed by atoms with Crippen LogP contribution in [0.5, 0.6) is 0 Å². The van der Waals surface area contributed by atoms with Crippen molar-refractivity contribution >= 4 is 5.97 Å². The summed E-state index contributed by atoms with van der Waals surface area (Å²) < 4.78 is 42.1. The number of carbonyl (C=O) groups excluding carboxylic acids is 1. The average Bonchev–Trinajstić information content (AvgIpc) is 2.26. The molecule has 0 radical (unpaired) electrons. The van der Waals surface area contributed by atoms with E-state index in [0.29, 0.717) is 6.92 Å². The molecule has 94 valence electrons. The zero-order valence-corrected chi connectivity index (χ0v) is 9.21. The quantitative estimate of drug-likeness (QED) is 0.816. The van der Waals surface area contributed by atoms with Gasteiger partial charge in [-0.3, -0.25) is 0 Å². The van der Waals surface area contributed by atoms with Crippen LogP contribution in [0.1, 0.15) is 22.8 Å². The fraction of sp³-hybridized carbons (Fsp3) is 0.364. The molecule has 3 nitrogen and oxygen atoms in total. The zero-order chi connectivity index (χ0) is 13.3. The molecule has 6 heteroatoms. The minimum Gasteiger partial charge on any atom is -0.465 e. The molecular formula is C11H11F3O3. The molecule has 0 saturated carbocycles. The van der Waals surface area contributed by atoms with Crippen LogP contribution >= 0.6 is 0 Å². The van der Waals surface area contributed by atoms with Gasteiger partial charge in [0.1, 0.15) is 0 Å². The lowest BCUT2D eigenvalue weighted by molar-refractivity contribution is -0.258. The van der Waals surface area contributed by atoms with E-state index in [-0.39, 0.29) is 5.56 Å². The van der Waals surface area contributed by atoms with Gasteiger partial charge in [-0.1, -0.05) is 12.1 Å². The number of carbonyl (C=O) groups is 1. The van der Waals surface area contributed by atoms with Gasteiger partial charge in [0.05, 0.1) is 12.7 Å². The van der Waals surface area contributed by atoms with Crippen molar-refractivity contribution in [1.82, 2.24) is 0 Å². The number of rotatable bonds is 2. The van der Waals surface area contributed by atoms with Gasteiger partial charge in [0, 0.05) is 0 Å². The van der Waals surface area contributed by atoms with Crippen LogP contribution in [0.3, 0.4) is 0 Å². The van der Waals surface area contributed by atoms with E-state index >= 15 is 0 Å². The summed E-state index contributed by atoms with van der Waals surface area (Å²) in [5.74, 6) is -0.759. The fourth-order valence-electron chi connectivity index (χ4n) is 1.23. The number of benzene rings is 1. The lowest BCUT2D eigenvalue weighted by atomic mass is 9.94. The summed E-state index contributed by atoms with van der Waals surface area (Å²) in [6.45, 7) is 0.628. The van der Waals surface area contributed by atoms with E-state index in [9.17, 15) is 23.1 Å². The topological polar surface area (TPSA) is 46.5 Å². The molecule has 0 aliphatic heterocycles. The van der Waals surface area contributed by atoms with Gasteiger partial charge >= 0.3 is 12.1 Å². The molecule has 0 aliphatic carbocycles. The SMILES string of the molecule is COC(=O)c1cccc([C@@](C)(O)C(F)(F)F)c1. The summed E-state index contributed by atoms with van der Waals surface area (Å²) in [7, 11) is 1.12. The Bertz CT molecular complexity index is 424. The lowest BCUT2D eigenvalue weighted by Crippen LogP contribution is -2.39. The Morgan fingerprint density at radius 2 is 1.94 bits per heavy atom. The molecule has 0 saturated heterocycles. The number of hydrogen-bond acceptors (Lipinski definition) is 3. The number of esters is 1. The van der Waals surface area contributed by atoms with Crippen molar-refractivity contribution in [3.05, 3.63) is 35.4 Å². The second-order valence-electron chi connectivity index (χ2n) is 3.64. The second kappa shape index (κ2) is 4.37. The van der Waals surface area contributed by atoms with Crippen molar-refractivity contribution in [2.45, 2.75) is 18.7 Å². The third-order valence-electron chi connectivity index (χ3n) is 2.40. The summed E-state index contributed by atoms with van der Waals surface area (Å²) in [6.07, 6.45) is -4.82. The van der Waals surface area contributed by atoms with Gasteiger partial charge in [-0.25, -0.2) is 4.79 Å². The highest BCUT2D eigenvalue weighted by atomic mass is 19.4. The third kappa shape index (κ3) is 2.58. The zero-order valence-electron chi connectivity index (χ0n) is 9.21. The fourth-order valence-corrected chi connectivity index (χ4v) is 1.23. The van der Waals surface area contributed by atoms with Crippen molar-refractivity contribution in [1.29, 1.82) is 0 Å². The van der Waals surface area contributed by atoms with Gasteiger partial charge in [-0.2, -0.15) is 13.2 Å². The van der Waals surface area contributed by atoms with Gasteiger partial charge in [-0.15, -0.1) is 0 Å². The Labute approximate surface area is 95.8 Å². The van der Waals surface area contributed by atoms with E-state index < -0.39 is 23.3 Å². The minimum atomic E-state index is -4.82. The highest BCUT2D eigenvalue weighted by Gasteiger charge is 2.51. The van der Waals surface area contributed by atoms with E-state index in [2.05, 4.69) is 4.74 Å². The van der Waals surface area contributed by atoms with Crippen molar-refractivity contribution in [3.63, 3.8) is 0 Å². The Hall–Kier alpha value is -1.56. The van der Waals surface area contributed by atoms with Gasteiger partial charge in [0.25, 0.3) is 0 Å². The number of methoxy groups -OCH3 is 1. The Kier molecular flexibility index (Phi) is 3.47. The van der Waals surface area contributed by atoms with Crippen LogP contribution in [0.15, 0.2) is 24.3 Å². The van der Waals surface area contributed by atoms with E-state index in [1.807, 2.05) is 0 Å². The molecule has 0 spiro atoms. The monoisotopic (exact) mass is 248 g/mol. The lowest BCUT2D eigenvalue weighted by Gasteiger charge is -2.26. The van der Waals surface area contributed by atoms with Gasteiger partial charge in [0.15, 0.2) is 5.60 Å². The van der Waals surface area contributed by atoms with Crippen molar-refractivity contribution < 1.29 is 27.8 Å². The molecule has 1 aromatic rings. The maximum Gasteiger partial charge on any atom is 0.421 e. The van der Waals surface area contributed by atoms with Crippen LogP contribution in [0, 0.1) is 0 Å². The van der Waals surface area contributed by atoms with Gasteiger partial charge in [0.2, 0.25) is 0 Å². The number of hydrogen-bond donors (Lipinski definition) is 1. The predicted molar refractivity (Wildman–Crippen MR) is 53.4 cm³/mol. The molecule has 0 aliphatic rings. The molecule has 0 amide bonds. The number of halogens is 3. The van der Waals surface area contributed by atoms with Crippen LogP contribution in [0.25, 0.3) is 0 Å². The van der Waals surface area contributed by atoms with Crippen LogP contribution in [-0.4, -0.2) is 24.4 Å². The van der Waals surface area contributed by atoms with Crippen LogP contribution in [-0.2, 0) is 10.3 Å². The third-order valence-corrected chi connectivity index (χ3v) is 2.40. The molecule has 0 unspecified atom stereocenters. The van der Waals surface area contributed by atoms with Crippen LogP contribution in [0.2, 0.25) is 0 Å². The molecule has 0 fully saturated rings. The number of alkyl halides is 3. The molecule has 0 aromatic heterocycles. The molecule has 0 bridgehead atoms. The second-order valence-corrected chi connectivity index (χ2v) is 3.64. The first-order chi connectivity index (χ1) is 7.70. The molecule has 17 heavy (non-hydrogen) atoms. The summed E-state index contributed by atoms with van der Waals surface area (Å²) in [6, 6.07) is 4.61. The molecule has 1 rings (SSSR count). The summed E-state index contributed by atoms with van der Waals surface area (Å²) in [5.41, 5.74) is -3.46. The largest absolute Gasteiger partial charge is 0.465 e. The molecule has 1 atom stereocenters. The number of aliphatic hydroxyl groups is 1. The molecule has 1 N–H and O–H groups in total. The summed E-state index contributed by atoms with van der Waals surface area (Å²) in [4.78, 5) is 11.2. The average molecular weight is 248 g/mol. The first-order valence-corrected chi connectivity index (χ1v) is 4.68. The Morgan fingerprint density at radius 1 is 1.35 bits per heavy atom. The summed E-state index contributed by atoms with van der Waals surface area (Å²) in [5, 5.41) is 9.42. The first kappa shape index (κ1) is 13.5. The highest BCUT2D eigenvalue weighted by molar-refractivity contribution is 5.89. The molecule has 1 aromatic carbocycles. The molecular weight excluding hydrogens is 237 g/mol. The van der Waals surface area contributed by atoms with E-state index in [4.69, 9.17) is 0 Å². The maximum atomic E-state index is 12.6. The smallest absolute Gasteiger partial charge is 0.421 e. The van der Waals surface area contributed by atoms with E-state index in [0.717, 1.165) is 19.2 Å². The van der Waals surface area contributed by atoms with Crippen molar-refractivity contribution in [3.8, 4) is 0 Å². The number of ether oxygens (including phenoxy) is 1. The van der Waals surface area contributed by atoms with Crippen LogP contribution in [0.4, 0.5) is 13.2 Å². The maximum absolute atomic E-state index is 12.6. The Morgan fingerprint density at radius 3 is 2.41 bits per heavy atom. The normalized spacial score (nSPS) is 15.2. The van der Waals surface area contributed by atoms with E-state index in [1.165, 1.54) is 12.1 Å². The molecule has 0 heterocycles. The van der Waals surface area contributed by atoms with Crippen molar-refractivity contribution in [2.24, 2.45) is 0 Å². The minimum absolute atomic E-state index is 0.0467. The summed E-state index contributed by atoms with van der Waals surface area (Å²) >= 11 is 0. The van der Waals surface area contributed by atoms with Gasteiger partial charge < -0.3 is 9.84 Å². The highest BCUT2D eigenvalue weighted by Crippen LogP contribution is 2.38. The standard InChI is InChI=1S/C11H11F3O3/c1-10(16,11(12,13)14)8-5-3-4-7(6-8)9(15)17-2/h3-6,16H,1-2H3/t10-/m1/s1.